The molecule has 1 N–H and O–H groups in total. The molecule has 1 aromatic rings. The van der Waals surface area contributed by atoms with E-state index >= 15 is 0 Å². The van der Waals surface area contributed by atoms with Gasteiger partial charge in [-0.2, -0.15) is 5.10 Å². The average molecular weight is 273 g/mol. The molecule has 1 aromatic heterocycles. The zero-order valence-corrected chi connectivity index (χ0v) is 12.0. The molecule has 0 fully saturated rings. The first-order chi connectivity index (χ1) is 8.56. The number of hydrogen-bond donors (Lipinski definition) is 1. The molecule has 5 nitrogen and oxygen atoms in total. The van der Waals surface area contributed by atoms with Crippen LogP contribution in [0.3, 0.4) is 0 Å². The fraction of sp³-hybridized carbons (Fsp3) is 0.667. The van der Waals surface area contributed by atoms with Crippen LogP contribution in [0.1, 0.15) is 23.8 Å². The maximum absolute atomic E-state index is 12.1. The topological polar surface area (TPSA) is 50.2 Å². The van der Waals surface area contributed by atoms with E-state index in [0.29, 0.717) is 30.2 Å². The highest BCUT2D eigenvalue weighted by Crippen LogP contribution is 2.16. The van der Waals surface area contributed by atoms with Gasteiger partial charge in [0.1, 0.15) is 5.69 Å². The normalized spacial score (nSPS) is 11.2. The Labute approximate surface area is 113 Å². The summed E-state index contributed by atoms with van der Waals surface area (Å²) in [5.74, 6) is 0.0391. The van der Waals surface area contributed by atoms with E-state index in [2.05, 4.69) is 10.4 Å². The highest BCUT2D eigenvalue weighted by molar-refractivity contribution is 6.33. The molecule has 0 saturated heterocycles. The third-order valence-electron chi connectivity index (χ3n) is 2.60. The smallest absolute Gasteiger partial charge is 0.183 e. The number of Topliss-reactive ketones (excluding diaryl/α,β-unsaturated/α-hetero) is 1. The van der Waals surface area contributed by atoms with Crippen LogP contribution in [0.5, 0.6) is 0 Å². The van der Waals surface area contributed by atoms with E-state index in [1.807, 2.05) is 25.9 Å². The van der Waals surface area contributed by atoms with Gasteiger partial charge in [0.2, 0.25) is 0 Å². The van der Waals surface area contributed by atoms with Crippen LogP contribution in [0, 0.1) is 0 Å². The molecule has 6 heteroatoms. The average Bonchev–Trinajstić information content (AvgIpc) is 2.68. The van der Waals surface area contributed by atoms with E-state index in [0.717, 1.165) is 13.1 Å². The predicted octanol–water partition coefficient (Wildman–Crippen LogP) is 1.28. The summed E-state index contributed by atoms with van der Waals surface area (Å²) < 4.78 is 1.69. The number of nitrogens with zero attached hydrogens (tertiary/aromatic N) is 3. The summed E-state index contributed by atoms with van der Waals surface area (Å²) in [5, 5.41) is 7.72. The number of carbonyl (C=O) groups excluding carboxylic acids is 1. The minimum absolute atomic E-state index is 0.0391. The lowest BCUT2D eigenvalue weighted by Gasteiger charge is -2.11. The zero-order chi connectivity index (χ0) is 13.5. The second-order valence-corrected chi connectivity index (χ2v) is 4.80. The lowest BCUT2D eigenvalue weighted by molar-refractivity contribution is 0.0971. The van der Waals surface area contributed by atoms with Gasteiger partial charge < -0.3 is 10.2 Å². The third kappa shape index (κ3) is 4.40. The molecule has 0 atom stereocenters. The van der Waals surface area contributed by atoms with Gasteiger partial charge in [0, 0.05) is 19.5 Å². The Morgan fingerprint density at radius 1 is 1.56 bits per heavy atom. The van der Waals surface area contributed by atoms with Crippen LogP contribution in [-0.4, -0.2) is 54.2 Å². The van der Waals surface area contributed by atoms with E-state index in [1.54, 1.807) is 4.68 Å². The summed E-state index contributed by atoms with van der Waals surface area (Å²) in [6, 6.07) is 0. The van der Waals surface area contributed by atoms with Crippen molar-refractivity contribution in [2.75, 3.05) is 33.7 Å². The molecule has 1 rings (SSSR count). The molecular weight excluding hydrogens is 252 g/mol. The molecule has 0 unspecified atom stereocenters. The number of nitrogens with one attached hydrogen (secondary N) is 1. The molecule has 0 saturated carbocycles. The zero-order valence-electron chi connectivity index (χ0n) is 11.2. The summed E-state index contributed by atoms with van der Waals surface area (Å²) in [4.78, 5) is 14.1. The predicted molar refractivity (Wildman–Crippen MR) is 73.3 cm³/mol. The van der Waals surface area contributed by atoms with Gasteiger partial charge in [-0.25, -0.2) is 0 Å². The summed E-state index contributed by atoms with van der Waals surface area (Å²) >= 11 is 6.03. The highest BCUT2D eigenvalue weighted by Gasteiger charge is 2.16. The minimum atomic E-state index is 0.0391. The molecule has 0 amide bonds. The van der Waals surface area contributed by atoms with Crippen LogP contribution in [-0.2, 0) is 6.54 Å². The van der Waals surface area contributed by atoms with E-state index in [9.17, 15) is 4.79 Å². The maximum Gasteiger partial charge on any atom is 0.183 e. The van der Waals surface area contributed by atoms with Gasteiger partial charge in [0.25, 0.3) is 0 Å². The Morgan fingerprint density at radius 2 is 2.28 bits per heavy atom. The molecule has 0 aliphatic heterocycles. The van der Waals surface area contributed by atoms with Gasteiger partial charge in [-0.1, -0.05) is 18.5 Å². The molecule has 0 aromatic carbocycles. The molecule has 0 bridgehead atoms. The standard InChI is InChI=1S/C12H21ClN4O/c1-4-14-6-5-11(18)12-10(13)9-15-17(12)8-7-16(2)3/h9,14H,4-8H2,1-3H3. The van der Waals surface area contributed by atoms with E-state index < -0.39 is 0 Å². The number of carbonyl (C=O) groups is 1. The Balaban J connectivity index is 2.67. The van der Waals surface area contributed by atoms with Gasteiger partial charge >= 0.3 is 0 Å². The molecule has 0 radical (unpaired) electrons. The van der Waals surface area contributed by atoms with E-state index in [4.69, 9.17) is 11.6 Å². The van der Waals surface area contributed by atoms with Gasteiger partial charge in [-0.15, -0.1) is 0 Å². The summed E-state index contributed by atoms with van der Waals surface area (Å²) in [5.41, 5.74) is 0.524. The number of aromatic nitrogens is 2. The first kappa shape index (κ1) is 15.1. The van der Waals surface area contributed by atoms with Crippen LogP contribution in [0.25, 0.3) is 0 Å². The largest absolute Gasteiger partial charge is 0.317 e. The SMILES string of the molecule is CCNCCC(=O)c1c(Cl)cnn1CCN(C)C. The number of ketones is 1. The summed E-state index contributed by atoms with van der Waals surface area (Å²) in [7, 11) is 3.97. The van der Waals surface area contributed by atoms with Crippen molar-refractivity contribution in [2.24, 2.45) is 0 Å². The Morgan fingerprint density at radius 3 is 2.89 bits per heavy atom. The van der Waals surface area contributed by atoms with Gasteiger partial charge in [-0.3, -0.25) is 9.48 Å². The molecule has 102 valence electrons. The number of likely N-dealkylation sites (N-methyl/N-ethyl adjacent to an activating group) is 1. The second-order valence-electron chi connectivity index (χ2n) is 4.39. The van der Waals surface area contributed by atoms with Crippen molar-refractivity contribution in [3.05, 3.63) is 16.9 Å². The number of hydrogen-bond acceptors (Lipinski definition) is 4. The van der Waals surface area contributed by atoms with Crippen LogP contribution in [0.2, 0.25) is 5.02 Å². The molecule has 1 heterocycles. The first-order valence-corrected chi connectivity index (χ1v) is 6.54. The minimum Gasteiger partial charge on any atom is -0.317 e. The monoisotopic (exact) mass is 272 g/mol. The van der Waals surface area contributed by atoms with Crippen molar-refractivity contribution < 1.29 is 4.79 Å². The van der Waals surface area contributed by atoms with Crippen molar-refractivity contribution in [2.45, 2.75) is 19.9 Å². The lowest BCUT2D eigenvalue weighted by Crippen LogP contribution is -2.23. The van der Waals surface area contributed by atoms with Crippen molar-refractivity contribution in [1.82, 2.24) is 20.0 Å². The van der Waals surface area contributed by atoms with Crippen LogP contribution in [0.4, 0.5) is 0 Å². The van der Waals surface area contributed by atoms with Crippen molar-refractivity contribution in [1.29, 1.82) is 0 Å². The Kier molecular flexibility index (Phi) is 6.32. The van der Waals surface area contributed by atoms with E-state index in [-0.39, 0.29) is 5.78 Å². The van der Waals surface area contributed by atoms with Crippen molar-refractivity contribution >= 4 is 17.4 Å². The summed E-state index contributed by atoms with van der Waals surface area (Å²) in [6.45, 7) is 5.04. The molecule has 0 aliphatic carbocycles. The molecule has 0 aliphatic rings. The molecule has 18 heavy (non-hydrogen) atoms. The molecule has 0 spiro atoms. The van der Waals surface area contributed by atoms with E-state index in [1.165, 1.54) is 6.20 Å². The third-order valence-corrected chi connectivity index (χ3v) is 2.87. The quantitative estimate of drug-likeness (QED) is 0.572. The molecular formula is C12H21ClN4O. The number of rotatable bonds is 8. The fourth-order valence-corrected chi connectivity index (χ4v) is 1.85. The van der Waals surface area contributed by atoms with Crippen molar-refractivity contribution in [3.8, 4) is 0 Å². The first-order valence-electron chi connectivity index (χ1n) is 6.16. The van der Waals surface area contributed by atoms with Gasteiger partial charge in [0.15, 0.2) is 5.78 Å². The highest BCUT2D eigenvalue weighted by atomic mass is 35.5. The van der Waals surface area contributed by atoms with Crippen LogP contribution >= 0.6 is 11.6 Å². The Hall–Kier alpha value is -0.910. The maximum atomic E-state index is 12.1. The Bertz CT molecular complexity index is 389. The fourth-order valence-electron chi connectivity index (χ4n) is 1.60. The van der Waals surface area contributed by atoms with Gasteiger partial charge in [0.05, 0.1) is 17.8 Å². The lowest BCUT2D eigenvalue weighted by atomic mass is 10.2. The van der Waals surface area contributed by atoms with Crippen LogP contribution in [0.15, 0.2) is 6.20 Å². The van der Waals surface area contributed by atoms with Crippen molar-refractivity contribution in [3.63, 3.8) is 0 Å². The summed E-state index contributed by atoms with van der Waals surface area (Å²) in [6.07, 6.45) is 1.99. The second kappa shape index (κ2) is 7.51. The number of halogens is 1. The van der Waals surface area contributed by atoms with Gasteiger partial charge in [-0.05, 0) is 20.6 Å². The van der Waals surface area contributed by atoms with Crippen LogP contribution < -0.4 is 5.32 Å².